The molecule has 2 aromatic carbocycles. The molecule has 4 rings (SSSR count). The number of rotatable bonds is 5. The predicted octanol–water partition coefficient (Wildman–Crippen LogP) is 4.64. The first-order valence-electron chi connectivity index (χ1n) is 10.9. The van der Waals surface area contributed by atoms with Gasteiger partial charge in [0.25, 0.3) is 11.5 Å². The van der Waals surface area contributed by atoms with Crippen LogP contribution in [0.2, 0.25) is 0 Å². The van der Waals surface area contributed by atoms with E-state index in [2.05, 4.69) is 15.5 Å². The zero-order chi connectivity index (χ0) is 25.5. The van der Waals surface area contributed by atoms with E-state index in [1.165, 1.54) is 6.20 Å². The number of alkyl halides is 3. The fourth-order valence-electron chi connectivity index (χ4n) is 3.98. The Balaban J connectivity index is 1.64. The van der Waals surface area contributed by atoms with Crippen LogP contribution < -0.4 is 16.6 Å². The number of fused-ring (bicyclic) bond motifs is 1. The second kappa shape index (κ2) is 8.94. The number of carbonyl (C=O) groups excluding carboxylic acids is 1. The monoisotopic (exact) mass is 483 g/mol. The fraction of sp³-hybridized carbons (Fsp3) is 0.240. The average molecular weight is 483 g/mol. The van der Waals surface area contributed by atoms with E-state index < -0.39 is 17.8 Å². The molecule has 0 spiro atoms. The third-order valence-corrected chi connectivity index (χ3v) is 6.03. The number of nitrogens with two attached hydrogens (primary N) is 1. The Hall–Kier alpha value is -4.08. The van der Waals surface area contributed by atoms with Gasteiger partial charge in [-0.15, -0.1) is 0 Å². The van der Waals surface area contributed by atoms with Gasteiger partial charge in [0.1, 0.15) is 11.6 Å². The number of halogens is 3. The summed E-state index contributed by atoms with van der Waals surface area (Å²) < 4.78 is 41.3. The summed E-state index contributed by atoms with van der Waals surface area (Å²) in [5, 5.41) is 8.92. The number of amides is 1. The Morgan fingerprint density at radius 1 is 1.17 bits per heavy atom. The molecule has 10 heteroatoms. The Morgan fingerprint density at radius 2 is 1.86 bits per heavy atom. The molecular formula is C25H24F3N5O2. The second-order valence-electron chi connectivity index (χ2n) is 8.53. The summed E-state index contributed by atoms with van der Waals surface area (Å²) in [6, 6.07) is 10.6. The molecule has 0 aliphatic carbocycles. The largest absolute Gasteiger partial charge is 0.408 e. The molecule has 1 unspecified atom stereocenters. The van der Waals surface area contributed by atoms with Crippen molar-refractivity contribution in [2.75, 3.05) is 5.73 Å². The highest BCUT2D eigenvalue weighted by Gasteiger charge is 2.39. The molecule has 7 nitrogen and oxygen atoms in total. The zero-order valence-corrected chi connectivity index (χ0v) is 19.3. The van der Waals surface area contributed by atoms with Crippen LogP contribution in [-0.2, 0) is 6.54 Å². The van der Waals surface area contributed by atoms with Gasteiger partial charge in [-0.2, -0.15) is 18.3 Å². The lowest BCUT2D eigenvalue weighted by Crippen LogP contribution is -2.25. The maximum absolute atomic E-state index is 13.5. The van der Waals surface area contributed by atoms with Crippen molar-refractivity contribution in [2.24, 2.45) is 0 Å². The van der Waals surface area contributed by atoms with Crippen molar-refractivity contribution in [3.63, 3.8) is 0 Å². The summed E-state index contributed by atoms with van der Waals surface area (Å²) >= 11 is 0. The predicted molar refractivity (Wildman–Crippen MR) is 128 cm³/mol. The van der Waals surface area contributed by atoms with Gasteiger partial charge in [0.05, 0.1) is 5.39 Å². The molecule has 1 atom stereocenters. The van der Waals surface area contributed by atoms with Crippen molar-refractivity contribution in [2.45, 2.75) is 39.5 Å². The van der Waals surface area contributed by atoms with E-state index in [1.54, 1.807) is 24.3 Å². The van der Waals surface area contributed by atoms with E-state index in [1.807, 2.05) is 32.0 Å². The number of nitrogen functional groups attached to an aromatic ring is 1. The minimum absolute atomic E-state index is 0.0763. The first-order chi connectivity index (χ1) is 16.5. The van der Waals surface area contributed by atoms with Crippen LogP contribution in [0.1, 0.15) is 40.0 Å². The van der Waals surface area contributed by atoms with Crippen LogP contribution in [-0.4, -0.2) is 26.8 Å². The summed E-state index contributed by atoms with van der Waals surface area (Å²) in [6.45, 7) is 5.02. The van der Waals surface area contributed by atoms with E-state index in [0.29, 0.717) is 16.7 Å². The van der Waals surface area contributed by atoms with Crippen molar-refractivity contribution < 1.29 is 18.0 Å². The average Bonchev–Trinajstić information content (AvgIpc) is 3.22. The van der Waals surface area contributed by atoms with E-state index in [0.717, 1.165) is 28.2 Å². The second-order valence-corrected chi connectivity index (χ2v) is 8.53. The van der Waals surface area contributed by atoms with E-state index in [4.69, 9.17) is 5.73 Å². The molecular weight excluding hydrogens is 459 g/mol. The molecule has 4 N–H and O–H groups in total. The lowest BCUT2D eigenvalue weighted by molar-refractivity contribution is -0.162. The number of aromatic amines is 1. The fourth-order valence-corrected chi connectivity index (χ4v) is 3.98. The minimum Gasteiger partial charge on any atom is -0.382 e. The topological polar surface area (TPSA) is 106 Å². The molecule has 0 saturated carbocycles. The Kier molecular flexibility index (Phi) is 6.14. The van der Waals surface area contributed by atoms with Crippen molar-refractivity contribution in [1.82, 2.24) is 20.1 Å². The first-order valence-corrected chi connectivity index (χ1v) is 10.9. The maximum Gasteiger partial charge on any atom is 0.408 e. The summed E-state index contributed by atoms with van der Waals surface area (Å²) in [4.78, 5) is 25.0. The van der Waals surface area contributed by atoms with Gasteiger partial charge < -0.3 is 15.6 Å². The van der Waals surface area contributed by atoms with Gasteiger partial charge in [-0.1, -0.05) is 42.0 Å². The third-order valence-electron chi connectivity index (χ3n) is 6.03. The van der Waals surface area contributed by atoms with Crippen molar-refractivity contribution in [3.8, 4) is 11.1 Å². The Bertz CT molecular complexity index is 1470. The van der Waals surface area contributed by atoms with Crippen molar-refractivity contribution >= 4 is 22.6 Å². The Labute approximate surface area is 198 Å². The number of nitrogens with zero attached hydrogens (tertiary/aromatic N) is 2. The summed E-state index contributed by atoms with van der Waals surface area (Å²) in [5.41, 5.74) is 9.16. The molecule has 0 radical (unpaired) electrons. The lowest BCUT2D eigenvalue weighted by atomic mass is 10.0. The quantitative estimate of drug-likeness (QED) is 0.384. The molecule has 0 aliphatic rings. The lowest BCUT2D eigenvalue weighted by Gasteiger charge is -2.18. The highest BCUT2D eigenvalue weighted by atomic mass is 19.4. The minimum atomic E-state index is -4.56. The molecule has 2 heterocycles. The number of carbonyl (C=O) groups is 1. The number of hydrogen-bond donors (Lipinski definition) is 3. The number of aryl methyl sites for hydroxylation is 2. The molecule has 35 heavy (non-hydrogen) atoms. The highest BCUT2D eigenvalue weighted by Crippen LogP contribution is 2.38. The van der Waals surface area contributed by atoms with Gasteiger partial charge in [-0.05, 0) is 43.5 Å². The number of aromatic nitrogens is 3. The van der Waals surface area contributed by atoms with Gasteiger partial charge in [0.15, 0.2) is 5.82 Å². The van der Waals surface area contributed by atoms with E-state index in [-0.39, 0.29) is 29.2 Å². The molecule has 182 valence electrons. The summed E-state index contributed by atoms with van der Waals surface area (Å²) in [6.07, 6.45) is -3.29. The summed E-state index contributed by atoms with van der Waals surface area (Å²) in [7, 11) is 0. The third kappa shape index (κ3) is 4.64. The number of anilines is 1. The smallest absolute Gasteiger partial charge is 0.382 e. The highest BCUT2D eigenvalue weighted by molar-refractivity contribution is 6.02. The molecule has 2 aromatic heterocycles. The normalized spacial score (nSPS) is 12.6. The molecule has 0 bridgehead atoms. The van der Waals surface area contributed by atoms with Crippen molar-refractivity contribution in [1.29, 1.82) is 0 Å². The van der Waals surface area contributed by atoms with Gasteiger partial charge in [0, 0.05) is 23.9 Å². The van der Waals surface area contributed by atoms with Crippen LogP contribution >= 0.6 is 0 Å². The zero-order valence-electron chi connectivity index (χ0n) is 19.3. The van der Waals surface area contributed by atoms with Crippen LogP contribution in [0, 0.1) is 13.8 Å². The summed E-state index contributed by atoms with van der Waals surface area (Å²) in [5.74, 6) is -0.273. The number of hydrogen-bond acceptors (Lipinski definition) is 4. The first kappa shape index (κ1) is 24.1. The van der Waals surface area contributed by atoms with Crippen LogP contribution in [0.4, 0.5) is 19.0 Å². The standard InChI is InChI=1S/C25H24F3N5O2/c1-13-4-5-14(2)18(10-13)23(34)30-11-16-6-8-17(9-7-16)19-12-33(15(3)25(26,27)28)21-20(19)22(29)31-32-24(21)35/h4-10,12,15H,11H2,1-3H3,(H2,29,31)(H,30,34)(H,32,35). The van der Waals surface area contributed by atoms with Gasteiger partial charge in [0.2, 0.25) is 0 Å². The maximum atomic E-state index is 13.5. The van der Waals surface area contributed by atoms with Crippen LogP contribution in [0.5, 0.6) is 0 Å². The molecule has 0 aliphatic heterocycles. The molecule has 0 fully saturated rings. The van der Waals surface area contributed by atoms with E-state index in [9.17, 15) is 22.8 Å². The van der Waals surface area contributed by atoms with Crippen molar-refractivity contribution in [3.05, 3.63) is 81.3 Å². The van der Waals surface area contributed by atoms with Crippen LogP contribution in [0.15, 0.2) is 53.5 Å². The molecule has 4 aromatic rings. The van der Waals surface area contributed by atoms with Crippen LogP contribution in [0.3, 0.4) is 0 Å². The molecule has 0 saturated heterocycles. The Morgan fingerprint density at radius 3 is 2.51 bits per heavy atom. The van der Waals surface area contributed by atoms with E-state index >= 15 is 0 Å². The van der Waals surface area contributed by atoms with Crippen LogP contribution in [0.25, 0.3) is 22.0 Å². The number of benzene rings is 2. The SMILES string of the molecule is Cc1ccc(C)c(C(=O)NCc2ccc(-c3cn(C(C)C(F)(F)F)c4c(=O)[nH]nc(N)c34)cc2)c1. The number of H-pyrrole nitrogens is 1. The van der Waals surface area contributed by atoms with Gasteiger partial charge >= 0.3 is 6.18 Å². The number of nitrogens with one attached hydrogen (secondary N) is 2. The van der Waals surface area contributed by atoms with Gasteiger partial charge in [-0.25, -0.2) is 5.10 Å². The molecule has 1 amide bonds. The van der Waals surface area contributed by atoms with Gasteiger partial charge in [-0.3, -0.25) is 9.59 Å².